The van der Waals surface area contributed by atoms with Crippen LogP contribution in [0.15, 0.2) is 18.2 Å². The standard InChI is InChI=1S/C15H19NO3/c1-10-7-16(8-11(2)19-10)15-5-4-13(12(3)18)6-14(15)9-17/h4-6,9-11H,7-8H2,1-3H3/t10-,11+. The molecule has 19 heavy (non-hydrogen) atoms. The number of anilines is 1. The highest BCUT2D eigenvalue weighted by atomic mass is 16.5. The lowest BCUT2D eigenvalue weighted by Crippen LogP contribution is -2.45. The molecule has 0 N–H and O–H groups in total. The lowest BCUT2D eigenvalue weighted by Gasteiger charge is -2.37. The quantitative estimate of drug-likeness (QED) is 0.619. The minimum Gasteiger partial charge on any atom is -0.372 e. The Morgan fingerprint density at radius 1 is 1.32 bits per heavy atom. The molecule has 1 fully saturated rings. The van der Waals surface area contributed by atoms with E-state index in [0.717, 1.165) is 25.1 Å². The van der Waals surface area contributed by atoms with Crippen LogP contribution in [0, 0.1) is 0 Å². The average molecular weight is 261 g/mol. The third kappa shape index (κ3) is 3.01. The summed E-state index contributed by atoms with van der Waals surface area (Å²) in [4.78, 5) is 24.7. The summed E-state index contributed by atoms with van der Waals surface area (Å²) in [5, 5.41) is 0. The van der Waals surface area contributed by atoms with E-state index < -0.39 is 0 Å². The molecule has 0 bridgehead atoms. The summed E-state index contributed by atoms with van der Waals surface area (Å²) in [6.45, 7) is 7.05. The van der Waals surface area contributed by atoms with E-state index in [1.165, 1.54) is 6.92 Å². The summed E-state index contributed by atoms with van der Waals surface area (Å²) in [6, 6.07) is 5.29. The van der Waals surface area contributed by atoms with Gasteiger partial charge in [0, 0.05) is 29.9 Å². The molecule has 1 saturated heterocycles. The Morgan fingerprint density at radius 3 is 2.47 bits per heavy atom. The number of morpholine rings is 1. The second-order valence-corrected chi connectivity index (χ2v) is 5.11. The Kier molecular flexibility index (Phi) is 4.00. The van der Waals surface area contributed by atoms with Crippen molar-refractivity contribution in [3.05, 3.63) is 29.3 Å². The minimum absolute atomic E-state index is 0.0293. The number of nitrogens with zero attached hydrogens (tertiary/aromatic N) is 1. The van der Waals surface area contributed by atoms with E-state index in [9.17, 15) is 9.59 Å². The first-order chi connectivity index (χ1) is 9.01. The highest BCUT2D eigenvalue weighted by Gasteiger charge is 2.24. The van der Waals surface area contributed by atoms with E-state index in [-0.39, 0.29) is 18.0 Å². The Bertz CT molecular complexity index is 488. The molecule has 0 amide bonds. The van der Waals surface area contributed by atoms with Crippen LogP contribution in [0.5, 0.6) is 0 Å². The normalized spacial score (nSPS) is 23.2. The highest BCUT2D eigenvalue weighted by molar-refractivity contribution is 5.97. The number of aldehydes is 1. The van der Waals surface area contributed by atoms with Crippen LogP contribution in [-0.4, -0.2) is 37.4 Å². The van der Waals surface area contributed by atoms with Gasteiger partial charge in [0.15, 0.2) is 12.1 Å². The average Bonchev–Trinajstić information content (AvgIpc) is 2.36. The van der Waals surface area contributed by atoms with E-state index in [4.69, 9.17) is 4.74 Å². The fourth-order valence-corrected chi connectivity index (χ4v) is 2.53. The number of Topliss-reactive ketones (excluding diaryl/α,β-unsaturated/α-hetero) is 1. The molecule has 0 aromatic heterocycles. The molecule has 0 saturated carbocycles. The van der Waals surface area contributed by atoms with Crippen molar-refractivity contribution in [1.29, 1.82) is 0 Å². The molecule has 4 nitrogen and oxygen atoms in total. The second kappa shape index (κ2) is 5.53. The first kappa shape index (κ1) is 13.7. The van der Waals surface area contributed by atoms with Crippen LogP contribution >= 0.6 is 0 Å². The van der Waals surface area contributed by atoms with Crippen LogP contribution in [0.4, 0.5) is 5.69 Å². The van der Waals surface area contributed by atoms with Crippen LogP contribution < -0.4 is 4.90 Å². The van der Waals surface area contributed by atoms with Gasteiger partial charge in [0.2, 0.25) is 0 Å². The van der Waals surface area contributed by atoms with Gasteiger partial charge in [-0.2, -0.15) is 0 Å². The molecule has 4 heteroatoms. The monoisotopic (exact) mass is 261 g/mol. The molecule has 0 unspecified atom stereocenters. The summed E-state index contributed by atoms with van der Waals surface area (Å²) in [5.74, 6) is -0.0293. The molecule has 1 heterocycles. The predicted molar refractivity (Wildman–Crippen MR) is 74.1 cm³/mol. The number of rotatable bonds is 3. The van der Waals surface area contributed by atoms with Gasteiger partial charge in [-0.3, -0.25) is 9.59 Å². The maximum atomic E-state index is 11.4. The first-order valence-electron chi connectivity index (χ1n) is 6.52. The van der Waals surface area contributed by atoms with Gasteiger partial charge < -0.3 is 9.64 Å². The van der Waals surface area contributed by atoms with Gasteiger partial charge in [-0.15, -0.1) is 0 Å². The van der Waals surface area contributed by atoms with Gasteiger partial charge in [-0.1, -0.05) is 0 Å². The molecule has 1 aromatic rings. The van der Waals surface area contributed by atoms with Crippen LogP contribution in [0.25, 0.3) is 0 Å². The van der Waals surface area contributed by atoms with Crippen LogP contribution in [0.1, 0.15) is 41.5 Å². The molecule has 2 rings (SSSR count). The van der Waals surface area contributed by atoms with Gasteiger partial charge >= 0.3 is 0 Å². The van der Waals surface area contributed by atoms with Crippen molar-refractivity contribution in [2.24, 2.45) is 0 Å². The number of carbonyl (C=O) groups is 2. The van der Waals surface area contributed by atoms with Gasteiger partial charge in [0.1, 0.15) is 0 Å². The zero-order chi connectivity index (χ0) is 14.0. The van der Waals surface area contributed by atoms with Crippen LogP contribution in [0.3, 0.4) is 0 Å². The van der Waals surface area contributed by atoms with Gasteiger partial charge in [0.05, 0.1) is 12.2 Å². The zero-order valence-corrected chi connectivity index (χ0v) is 11.6. The van der Waals surface area contributed by atoms with Crippen molar-refractivity contribution in [1.82, 2.24) is 0 Å². The summed E-state index contributed by atoms with van der Waals surface area (Å²) in [5.41, 5.74) is 2.01. The molecular weight excluding hydrogens is 242 g/mol. The Hall–Kier alpha value is -1.68. The van der Waals surface area contributed by atoms with Crippen LogP contribution in [0.2, 0.25) is 0 Å². The number of benzene rings is 1. The lowest BCUT2D eigenvalue weighted by atomic mass is 10.0. The topological polar surface area (TPSA) is 46.6 Å². The van der Waals surface area contributed by atoms with E-state index in [1.807, 2.05) is 19.9 Å². The molecule has 0 aliphatic carbocycles. The molecule has 2 atom stereocenters. The Labute approximate surface area is 113 Å². The Balaban J connectivity index is 2.33. The number of ether oxygens (including phenoxy) is 1. The van der Waals surface area contributed by atoms with E-state index in [1.54, 1.807) is 12.1 Å². The van der Waals surface area contributed by atoms with Crippen molar-refractivity contribution in [2.45, 2.75) is 33.0 Å². The van der Waals surface area contributed by atoms with E-state index >= 15 is 0 Å². The van der Waals surface area contributed by atoms with Gasteiger partial charge in [-0.25, -0.2) is 0 Å². The first-order valence-corrected chi connectivity index (χ1v) is 6.52. The maximum Gasteiger partial charge on any atom is 0.159 e. The van der Waals surface area contributed by atoms with E-state index in [2.05, 4.69) is 4.90 Å². The molecule has 102 valence electrons. The smallest absolute Gasteiger partial charge is 0.159 e. The van der Waals surface area contributed by atoms with Crippen molar-refractivity contribution < 1.29 is 14.3 Å². The zero-order valence-electron chi connectivity index (χ0n) is 11.6. The molecule has 1 aromatic carbocycles. The summed E-state index contributed by atoms with van der Waals surface area (Å²) in [7, 11) is 0. The molecule has 1 aliphatic rings. The third-order valence-corrected chi connectivity index (χ3v) is 3.32. The van der Waals surface area contributed by atoms with Crippen molar-refractivity contribution in [2.75, 3.05) is 18.0 Å². The number of hydrogen-bond donors (Lipinski definition) is 0. The van der Waals surface area contributed by atoms with Gasteiger partial charge in [-0.05, 0) is 39.0 Å². The van der Waals surface area contributed by atoms with Crippen molar-refractivity contribution >= 4 is 17.8 Å². The second-order valence-electron chi connectivity index (χ2n) is 5.11. The number of carbonyl (C=O) groups excluding carboxylic acids is 2. The Morgan fingerprint density at radius 2 is 1.95 bits per heavy atom. The maximum absolute atomic E-state index is 11.4. The fraction of sp³-hybridized carbons (Fsp3) is 0.467. The number of ketones is 1. The lowest BCUT2D eigenvalue weighted by molar-refractivity contribution is -0.00525. The van der Waals surface area contributed by atoms with Crippen molar-refractivity contribution in [3.8, 4) is 0 Å². The summed E-state index contributed by atoms with van der Waals surface area (Å²) in [6.07, 6.45) is 1.08. The van der Waals surface area contributed by atoms with Crippen molar-refractivity contribution in [3.63, 3.8) is 0 Å². The minimum atomic E-state index is -0.0293. The summed E-state index contributed by atoms with van der Waals surface area (Å²) < 4.78 is 5.69. The third-order valence-electron chi connectivity index (χ3n) is 3.32. The highest BCUT2D eigenvalue weighted by Crippen LogP contribution is 2.24. The molecular formula is C15H19NO3. The van der Waals surface area contributed by atoms with E-state index in [0.29, 0.717) is 11.1 Å². The SMILES string of the molecule is CC(=O)c1ccc(N2C[C@@H](C)O[C@@H](C)C2)c(C=O)c1. The number of hydrogen-bond acceptors (Lipinski definition) is 4. The predicted octanol–water partition coefficient (Wildman–Crippen LogP) is 2.32. The fourth-order valence-electron chi connectivity index (χ4n) is 2.53. The van der Waals surface area contributed by atoms with Crippen LogP contribution in [-0.2, 0) is 4.74 Å². The van der Waals surface area contributed by atoms with Gasteiger partial charge in [0.25, 0.3) is 0 Å². The summed E-state index contributed by atoms with van der Waals surface area (Å²) >= 11 is 0. The largest absolute Gasteiger partial charge is 0.372 e. The molecule has 1 aliphatic heterocycles. The molecule has 0 spiro atoms. The molecule has 0 radical (unpaired) electrons.